The number of hydrogen-bond acceptors (Lipinski definition) is 3. The van der Waals surface area contributed by atoms with Crippen molar-refractivity contribution in [1.29, 1.82) is 0 Å². The third-order valence-corrected chi connectivity index (χ3v) is 3.58. The van der Waals surface area contributed by atoms with Gasteiger partial charge in [0, 0.05) is 26.0 Å². The van der Waals surface area contributed by atoms with E-state index in [4.69, 9.17) is 0 Å². The standard InChI is InChI=1S/C17H18N4O2/c1-3-9-18-16(22)13-10-20(2)11-14-15(13)19-21(17(14)23)12-7-5-4-6-8-12/h4-8,10-11H,3,9H2,1-2H3,(H,18,22). The molecule has 2 aliphatic rings. The van der Waals surface area contributed by atoms with Crippen LogP contribution in [0.15, 0.2) is 47.5 Å². The monoisotopic (exact) mass is 310 g/mol. The number of rotatable bonds is 4. The normalized spacial score (nSPS) is 10.9. The van der Waals surface area contributed by atoms with Crippen LogP contribution >= 0.6 is 0 Å². The molecule has 6 nitrogen and oxygen atoms in total. The highest BCUT2D eigenvalue weighted by molar-refractivity contribution is 5.99. The number of hydrogen-bond donors (Lipinski definition) is 1. The van der Waals surface area contributed by atoms with Crippen LogP contribution in [0.2, 0.25) is 0 Å². The van der Waals surface area contributed by atoms with Crippen molar-refractivity contribution in [2.45, 2.75) is 13.3 Å². The van der Waals surface area contributed by atoms with Gasteiger partial charge in [-0.1, -0.05) is 25.1 Å². The smallest absolute Gasteiger partial charge is 0.282 e. The van der Waals surface area contributed by atoms with Gasteiger partial charge >= 0.3 is 0 Å². The minimum Gasteiger partial charge on any atom is -0.356 e. The highest BCUT2D eigenvalue weighted by atomic mass is 16.2. The van der Waals surface area contributed by atoms with Gasteiger partial charge in [-0.3, -0.25) is 9.59 Å². The quantitative estimate of drug-likeness (QED) is 0.799. The lowest BCUT2D eigenvalue weighted by molar-refractivity contribution is 0.0953. The Balaban J connectivity index is 2.17. The largest absolute Gasteiger partial charge is 0.356 e. The minimum atomic E-state index is -0.230. The summed E-state index contributed by atoms with van der Waals surface area (Å²) in [5.74, 6) is -0.217. The summed E-state index contributed by atoms with van der Waals surface area (Å²) in [7, 11) is 1.79. The number of aromatic nitrogens is 3. The van der Waals surface area contributed by atoms with Crippen molar-refractivity contribution >= 4 is 5.91 Å². The summed E-state index contributed by atoms with van der Waals surface area (Å²) in [6.07, 6.45) is 4.23. The average molecular weight is 310 g/mol. The van der Waals surface area contributed by atoms with E-state index in [1.807, 2.05) is 37.3 Å². The Morgan fingerprint density at radius 2 is 1.96 bits per heavy atom. The molecule has 0 bridgehead atoms. The van der Waals surface area contributed by atoms with Crippen LogP contribution in [-0.4, -0.2) is 26.8 Å². The average Bonchev–Trinajstić information content (AvgIpc) is 2.90. The minimum absolute atomic E-state index is 0.217. The van der Waals surface area contributed by atoms with Crippen molar-refractivity contribution in [1.82, 2.24) is 19.7 Å². The summed E-state index contributed by atoms with van der Waals surface area (Å²) in [6, 6.07) is 9.18. The van der Waals surface area contributed by atoms with Gasteiger partial charge in [0.25, 0.3) is 11.5 Å². The van der Waals surface area contributed by atoms with Crippen LogP contribution in [0.25, 0.3) is 16.9 Å². The van der Waals surface area contributed by atoms with Gasteiger partial charge in [-0.25, -0.2) is 0 Å². The Morgan fingerprint density at radius 3 is 2.65 bits per heavy atom. The molecule has 0 spiro atoms. The lowest BCUT2D eigenvalue weighted by atomic mass is 10.1. The Kier molecular flexibility index (Phi) is 3.97. The first kappa shape index (κ1) is 15.0. The van der Waals surface area contributed by atoms with E-state index in [1.54, 1.807) is 24.0 Å². The van der Waals surface area contributed by atoms with Gasteiger partial charge < -0.3 is 9.88 Å². The molecule has 23 heavy (non-hydrogen) atoms. The summed E-state index contributed by atoms with van der Waals surface area (Å²) >= 11 is 0. The Hall–Kier alpha value is -2.89. The number of nitrogens with zero attached hydrogens (tertiary/aromatic N) is 3. The van der Waals surface area contributed by atoms with E-state index >= 15 is 0 Å². The van der Waals surface area contributed by atoms with E-state index in [0.717, 1.165) is 6.42 Å². The summed E-state index contributed by atoms with van der Waals surface area (Å²) < 4.78 is 3.04. The fourth-order valence-corrected chi connectivity index (χ4v) is 2.48. The van der Waals surface area contributed by atoms with Crippen molar-refractivity contribution in [2.75, 3.05) is 6.54 Å². The number of pyridine rings is 1. The third-order valence-electron chi connectivity index (χ3n) is 3.58. The fraction of sp³-hybridized carbons (Fsp3) is 0.235. The summed E-state index contributed by atoms with van der Waals surface area (Å²) in [4.78, 5) is 25.0. The summed E-state index contributed by atoms with van der Waals surface area (Å²) in [5, 5.41) is 7.22. The SMILES string of the molecule is CCCNC(=O)c1cn(C)cc2c(=O)n(-c3ccccc3)nc1-2. The Morgan fingerprint density at radius 1 is 1.22 bits per heavy atom. The van der Waals surface area contributed by atoms with Crippen molar-refractivity contribution in [2.24, 2.45) is 7.05 Å². The molecular formula is C17H18N4O2. The van der Waals surface area contributed by atoms with Crippen LogP contribution in [0.1, 0.15) is 23.7 Å². The molecule has 0 saturated carbocycles. The van der Waals surface area contributed by atoms with Crippen LogP contribution < -0.4 is 10.9 Å². The Bertz CT molecular complexity index is 864. The zero-order valence-corrected chi connectivity index (χ0v) is 13.1. The number of benzene rings is 1. The number of nitrogens with one attached hydrogen (secondary N) is 1. The molecule has 0 aromatic heterocycles. The third kappa shape index (κ3) is 2.75. The van der Waals surface area contributed by atoms with E-state index in [0.29, 0.717) is 29.1 Å². The fourth-order valence-electron chi connectivity index (χ4n) is 2.48. The lowest BCUT2D eigenvalue weighted by Crippen LogP contribution is -2.25. The second-order valence-corrected chi connectivity index (χ2v) is 5.41. The zero-order chi connectivity index (χ0) is 16.4. The van der Waals surface area contributed by atoms with E-state index in [2.05, 4.69) is 10.4 Å². The van der Waals surface area contributed by atoms with E-state index in [9.17, 15) is 9.59 Å². The van der Waals surface area contributed by atoms with Crippen molar-refractivity contribution in [3.05, 3.63) is 58.6 Å². The topological polar surface area (TPSA) is 68.9 Å². The van der Waals surface area contributed by atoms with Gasteiger partial charge in [-0.2, -0.15) is 9.78 Å². The molecule has 0 fully saturated rings. The number of aryl methyl sites for hydroxylation is 1. The molecule has 2 aliphatic heterocycles. The van der Waals surface area contributed by atoms with Crippen LogP contribution in [0.5, 0.6) is 0 Å². The predicted molar refractivity (Wildman–Crippen MR) is 88.1 cm³/mol. The number of fused-ring (bicyclic) bond motifs is 1. The molecule has 118 valence electrons. The van der Waals surface area contributed by atoms with Crippen molar-refractivity contribution in [3.63, 3.8) is 0 Å². The van der Waals surface area contributed by atoms with E-state index in [-0.39, 0.29) is 11.5 Å². The van der Waals surface area contributed by atoms with Gasteiger partial charge in [0.2, 0.25) is 0 Å². The lowest BCUT2D eigenvalue weighted by Gasteiger charge is -2.09. The predicted octanol–water partition coefficient (Wildman–Crippen LogP) is 1.82. The maximum absolute atomic E-state index is 12.6. The van der Waals surface area contributed by atoms with Gasteiger partial charge in [0.05, 0.1) is 16.8 Å². The first-order chi connectivity index (χ1) is 11.1. The van der Waals surface area contributed by atoms with Gasteiger partial charge in [-0.05, 0) is 18.6 Å². The first-order valence-electron chi connectivity index (χ1n) is 7.54. The number of para-hydroxylation sites is 1. The maximum Gasteiger partial charge on any atom is 0.282 e. The Labute approximate surface area is 133 Å². The van der Waals surface area contributed by atoms with Crippen molar-refractivity contribution in [3.8, 4) is 16.9 Å². The van der Waals surface area contributed by atoms with Crippen LogP contribution in [-0.2, 0) is 7.05 Å². The van der Waals surface area contributed by atoms with Crippen molar-refractivity contribution < 1.29 is 4.79 Å². The molecule has 2 heterocycles. The molecule has 1 amide bonds. The maximum atomic E-state index is 12.6. The zero-order valence-electron chi connectivity index (χ0n) is 13.1. The van der Waals surface area contributed by atoms with E-state index in [1.165, 1.54) is 4.68 Å². The second-order valence-electron chi connectivity index (χ2n) is 5.41. The molecule has 0 unspecified atom stereocenters. The summed E-state index contributed by atoms with van der Waals surface area (Å²) in [5.41, 5.74) is 1.71. The van der Waals surface area contributed by atoms with Gasteiger partial charge in [0.15, 0.2) is 0 Å². The highest BCUT2D eigenvalue weighted by Crippen LogP contribution is 2.21. The van der Waals surface area contributed by atoms with E-state index < -0.39 is 0 Å². The number of amides is 1. The number of carbonyl (C=O) groups excluding carboxylic acids is 1. The first-order valence-corrected chi connectivity index (χ1v) is 7.54. The van der Waals surface area contributed by atoms with Gasteiger partial charge in [0.1, 0.15) is 5.69 Å². The molecule has 1 aromatic carbocycles. The molecule has 3 rings (SSSR count). The molecule has 0 radical (unpaired) electrons. The second kappa shape index (κ2) is 6.08. The van der Waals surface area contributed by atoms with Crippen LogP contribution in [0.3, 0.4) is 0 Å². The highest BCUT2D eigenvalue weighted by Gasteiger charge is 2.23. The van der Waals surface area contributed by atoms with Crippen LogP contribution in [0, 0.1) is 0 Å². The molecule has 0 atom stereocenters. The molecule has 6 heteroatoms. The molecular weight excluding hydrogens is 292 g/mol. The molecule has 1 aromatic rings. The van der Waals surface area contributed by atoms with Gasteiger partial charge in [-0.15, -0.1) is 0 Å². The van der Waals surface area contributed by atoms with Crippen LogP contribution in [0.4, 0.5) is 0 Å². The number of carbonyl (C=O) groups is 1. The molecule has 0 aliphatic carbocycles. The molecule has 1 N–H and O–H groups in total. The summed E-state index contributed by atoms with van der Waals surface area (Å²) in [6.45, 7) is 2.57. The molecule has 0 saturated heterocycles.